The molecule has 0 saturated heterocycles. The summed E-state index contributed by atoms with van der Waals surface area (Å²) >= 11 is 1.66. The highest BCUT2D eigenvalue weighted by atomic mass is 32.1. The number of aryl methyl sites for hydroxylation is 2. The Morgan fingerprint density at radius 1 is 1.20 bits per heavy atom. The van der Waals surface area contributed by atoms with Gasteiger partial charge in [-0.15, -0.1) is 0 Å². The maximum absolute atomic E-state index is 8.63. The number of nitrogens with zero attached hydrogens (tertiary/aromatic N) is 4. The number of rotatable bonds is 4. The zero-order valence-electron chi connectivity index (χ0n) is 14.7. The number of unbranched alkanes of at least 4 members (excludes halogenated alkanes) is 1. The molecule has 0 aliphatic carbocycles. The Balaban J connectivity index is 1.97. The van der Waals surface area contributed by atoms with E-state index in [2.05, 4.69) is 31.4 Å². The largest absolute Gasteiger partial charge is 0.317 e. The van der Waals surface area contributed by atoms with Crippen molar-refractivity contribution in [3.8, 4) is 5.13 Å². The highest BCUT2D eigenvalue weighted by Gasteiger charge is 2.18. The first-order valence-corrected chi connectivity index (χ1v) is 9.41. The van der Waals surface area contributed by atoms with Gasteiger partial charge in [0.1, 0.15) is 5.49 Å². The Labute approximate surface area is 150 Å². The molecule has 4 rings (SSSR count). The predicted octanol–water partition coefficient (Wildman–Crippen LogP) is 4.33. The van der Waals surface area contributed by atoms with Gasteiger partial charge in [0.05, 0.1) is 21.9 Å². The van der Waals surface area contributed by atoms with E-state index in [1.165, 1.54) is 0 Å². The van der Waals surface area contributed by atoms with Crippen LogP contribution >= 0.6 is 11.3 Å². The Kier molecular flexibility index (Phi) is 3.92. The number of thiazole rings is 1. The van der Waals surface area contributed by atoms with Crippen LogP contribution in [0.15, 0.2) is 30.6 Å². The molecule has 0 saturated carbocycles. The van der Waals surface area contributed by atoms with Crippen molar-refractivity contribution in [2.24, 2.45) is 0 Å². The van der Waals surface area contributed by atoms with Gasteiger partial charge in [-0.25, -0.2) is 9.97 Å². The Morgan fingerprint density at radius 2 is 2.00 bits per heavy atom. The lowest BCUT2D eigenvalue weighted by Crippen LogP contribution is -2.21. The first-order chi connectivity index (χ1) is 12.1. The van der Waals surface area contributed by atoms with Gasteiger partial charge in [0, 0.05) is 12.2 Å². The van der Waals surface area contributed by atoms with E-state index in [1.807, 2.05) is 22.8 Å². The summed E-state index contributed by atoms with van der Waals surface area (Å²) in [7, 11) is 0. The van der Waals surface area contributed by atoms with Crippen molar-refractivity contribution in [1.29, 1.82) is 5.41 Å². The average Bonchev–Trinajstić information content (AvgIpc) is 3.14. The third-order valence-electron chi connectivity index (χ3n) is 4.76. The minimum atomic E-state index is 0.541. The zero-order chi connectivity index (χ0) is 17.6. The molecule has 1 aromatic carbocycles. The van der Waals surface area contributed by atoms with E-state index in [0.717, 1.165) is 57.0 Å². The van der Waals surface area contributed by atoms with Gasteiger partial charge in [-0.1, -0.05) is 36.8 Å². The third-order valence-corrected chi connectivity index (χ3v) is 5.78. The van der Waals surface area contributed by atoms with Crippen molar-refractivity contribution in [1.82, 2.24) is 19.1 Å². The lowest BCUT2D eigenvalue weighted by atomic mass is 10.2. The van der Waals surface area contributed by atoms with Gasteiger partial charge >= 0.3 is 0 Å². The molecular weight excluding hydrogens is 330 g/mol. The second-order valence-corrected chi connectivity index (χ2v) is 7.36. The summed E-state index contributed by atoms with van der Waals surface area (Å²) in [6, 6.07) is 8.17. The van der Waals surface area contributed by atoms with E-state index in [0.29, 0.717) is 5.49 Å². The molecule has 3 aromatic heterocycles. The monoisotopic (exact) mass is 351 g/mol. The van der Waals surface area contributed by atoms with Gasteiger partial charge in [0.15, 0.2) is 10.8 Å². The summed E-state index contributed by atoms with van der Waals surface area (Å²) < 4.78 is 5.20. The molecule has 1 N–H and O–H groups in total. The molecule has 0 spiro atoms. The van der Waals surface area contributed by atoms with Crippen molar-refractivity contribution in [3.05, 3.63) is 47.3 Å². The number of hydrogen-bond acceptors (Lipinski definition) is 4. The van der Waals surface area contributed by atoms with Crippen LogP contribution in [0.25, 0.3) is 26.4 Å². The van der Waals surface area contributed by atoms with Crippen LogP contribution in [0.5, 0.6) is 0 Å². The summed E-state index contributed by atoms with van der Waals surface area (Å²) in [5, 5.41) is 10.5. The number of hydrogen-bond donors (Lipinski definition) is 1. The van der Waals surface area contributed by atoms with Crippen LogP contribution in [0.4, 0.5) is 0 Å². The van der Waals surface area contributed by atoms with Gasteiger partial charge < -0.3 is 4.57 Å². The summed E-state index contributed by atoms with van der Waals surface area (Å²) in [5.74, 6) is 0. The SMILES string of the molecule is CCCCn1cnc2c(c(C)c(C)n2-c2nc3ccccc3s2)c1=N. The summed E-state index contributed by atoms with van der Waals surface area (Å²) in [6.45, 7) is 7.16. The molecule has 5 nitrogen and oxygen atoms in total. The fraction of sp³-hybridized carbons (Fsp3) is 0.316. The topological polar surface area (TPSA) is 59.5 Å². The highest BCUT2D eigenvalue weighted by molar-refractivity contribution is 7.20. The van der Waals surface area contributed by atoms with E-state index in [-0.39, 0.29) is 0 Å². The molecule has 4 aromatic rings. The molecule has 0 aliphatic rings. The fourth-order valence-corrected chi connectivity index (χ4v) is 4.23. The molecular formula is C19H21N5S. The number of nitrogens with one attached hydrogen (secondary N) is 1. The van der Waals surface area contributed by atoms with Crippen LogP contribution in [0.2, 0.25) is 0 Å². The van der Waals surface area contributed by atoms with Crippen LogP contribution in [-0.4, -0.2) is 19.1 Å². The van der Waals surface area contributed by atoms with E-state index in [9.17, 15) is 0 Å². The first kappa shape index (κ1) is 16.0. The van der Waals surface area contributed by atoms with E-state index in [1.54, 1.807) is 17.7 Å². The van der Waals surface area contributed by atoms with Crippen molar-refractivity contribution >= 4 is 32.6 Å². The Hall–Kier alpha value is -2.47. The third kappa shape index (κ3) is 2.48. The van der Waals surface area contributed by atoms with Gasteiger partial charge in [-0.3, -0.25) is 9.98 Å². The molecule has 0 fully saturated rings. The van der Waals surface area contributed by atoms with Crippen LogP contribution < -0.4 is 5.49 Å². The van der Waals surface area contributed by atoms with Gasteiger partial charge in [-0.2, -0.15) is 0 Å². The molecule has 0 unspecified atom stereocenters. The average molecular weight is 351 g/mol. The molecule has 25 heavy (non-hydrogen) atoms. The molecule has 0 bridgehead atoms. The molecule has 128 valence electrons. The van der Waals surface area contributed by atoms with Gasteiger partial charge in [0.2, 0.25) is 0 Å². The minimum absolute atomic E-state index is 0.541. The summed E-state index contributed by atoms with van der Waals surface area (Å²) in [4.78, 5) is 9.48. The van der Waals surface area contributed by atoms with E-state index in [4.69, 9.17) is 15.4 Å². The maximum atomic E-state index is 8.63. The van der Waals surface area contributed by atoms with Crippen LogP contribution in [0, 0.1) is 19.3 Å². The number of benzene rings is 1. The van der Waals surface area contributed by atoms with Crippen molar-refractivity contribution in [3.63, 3.8) is 0 Å². The maximum Gasteiger partial charge on any atom is 0.196 e. The molecule has 6 heteroatoms. The highest BCUT2D eigenvalue weighted by Crippen LogP contribution is 2.30. The van der Waals surface area contributed by atoms with Crippen molar-refractivity contribution in [2.75, 3.05) is 0 Å². The normalized spacial score (nSPS) is 11.6. The van der Waals surface area contributed by atoms with E-state index >= 15 is 0 Å². The second kappa shape index (κ2) is 6.11. The summed E-state index contributed by atoms with van der Waals surface area (Å²) in [5.41, 5.74) is 4.58. The molecule has 0 radical (unpaired) electrons. The quantitative estimate of drug-likeness (QED) is 0.595. The Morgan fingerprint density at radius 3 is 2.76 bits per heavy atom. The van der Waals surface area contributed by atoms with Crippen molar-refractivity contribution in [2.45, 2.75) is 40.2 Å². The predicted molar refractivity (Wildman–Crippen MR) is 102 cm³/mol. The molecule has 0 aliphatic heterocycles. The number of fused-ring (bicyclic) bond motifs is 2. The van der Waals surface area contributed by atoms with Gasteiger partial charge in [0.25, 0.3) is 0 Å². The van der Waals surface area contributed by atoms with Gasteiger partial charge in [-0.05, 0) is 38.0 Å². The molecule has 0 atom stereocenters. The first-order valence-electron chi connectivity index (χ1n) is 8.59. The standard InChI is InChI=1S/C19H21N5S/c1-4-5-10-23-11-21-18-16(17(23)20)12(2)13(3)24(18)19-22-14-8-6-7-9-15(14)25-19/h6-9,11,20H,4-5,10H2,1-3H3. The van der Waals surface area contributed by atoms with Crippen molar-refractivity contribution < 1.29 is 0 Å². The van der Waals surface area contributed by atoms with E-state index < -0.39 is 0 Å². The lowest BCUT2D eigenvalue weighted by Gasteiger charge is -2.07. The van der Waals surface area contributed by atoms with Crippen LogP contribution in [0.3, 0.4) is 0 Å². The van der Waals surface area contributed by atoms with Crippen LogP contribution in [0.1, 0.15) is 31.0 Å². The molecule has 0 amide bonds. The number of aromatic nitrogens is 4. The second-order valence-electron chi connectivity index (χ2n) is 6.35. The van der Waals surface area contributed by atoms with Crippen LogP contribution in [-0.2, 0) is 6.54 Å². The Bertz CT molecular complexity index is 1100. The smallest absolute Gasteiger partial charge is 0.196 e. The zero-order valence-corrected chi connectivity index (χ0v) is 15.5. The fourth-order valence-electron chi connectivity index (χ4n) is 3.21. The summed E-state index contributed by atoms with van der Waals surface area (Å²) in [6.07, 6.45) is 3.96. The number of para-hydroxylation sites is 1. The molecule has 3 heterocycles. The lowest BCUT2D eigenvalue weighted by molar-refractivity contribution is 0.596. The minimum Gasteiger partial charge on any atom is -0.317 e.